The Kier molecular flexibility index (Phi) is 7.92. The van der Waals surface area contributed by atoms with E-state index in [2.05, 4.69) is 20.1 Å². The molecule has 3 heterocycles. The van der Waals surface area contributed by atoms with Crippen molar-refractivity contribution in [2.24, 2.45) is 5.92 Å². The molecule has 1 N–H and O–H groups in total. The molecule has 6 nitrogen and oxygen atoms in total. The summed E-state index contributed by atoms with van der Waals surface area (Å²) < 4.78 is 19.0. The number of piperidine rings is 2. The van der Waals surface area contributed by atoms with Gasteiger partial charge in [0.15, 0.2) is 0 Å². The van der Waals surface area contributed by atoms with Gasteiger partial charge >= 0.3 is 0 Å². The van der Waals surface area contributed by atoms with Gasteiger partial charge in [-0.3, -0.25) is 9.69 Å². The van der Waals surface area contributed by atoms with Crippen molar-refractivity contribution in [1.29, 1.82) is 0 Å². The summed E-state index contributed by atoms with van der Waals surface area (Å²) in [5.74, 6) is 1.36. The molecule has 174 valence electrons. The molecule has 4 rings (SSSR count). The van der Waals surface area contributed by atoms with E-state index < -0.39 is 0 Å². The van der Waals surface area contributed by atoms with Crippen LogP contribution in [0.2, 0.25) is 0 Å². The maximum Gasteiger partial charge on any atom is 0.226 e. The van der Waals surface area contributed by atoms with Gasteiger partial charge in [0.1, 0.15) is 11.6 Å². The first-order valence-electron chi connectivity index (χ1n) is 12.0. The average Bonchev–Trinajstić information content (AvgIpc) is 3.18. The second kappa shape index (κ2) is 11.1. The Hall–Kier alpha value is -2.25. The van der Waals surface area contributed by atoms with Crippen LogP contribution in [0.25, 0.3) is 11.5 Å². The minimum atomic E-state index is -0.272. The quantitative estimate of drug-likeness (QED) is 0.627. The first-order chi connectivity index (χ1) is 15.6. The molecular weight excluding hydrogens is 407 g/mol. The van der Waals surface area contributed by atoms with E-state index in [1.165, 1.54) is 44.5 Å². The highest BCUT2D eigenvalue weighted by Gasteiger charge is 2.26. The van der Waals surface area contributed by atoms with Crippen LogP contribution in [-0.4, -0.2) is 60.0 Å². The van der Waals surface area contributed by atoms with Crippen molar-refractivity contribution in [2.75, 3.05) is 39.3 Å². The van der Waals surface area contributed by atoms with Gasteiger partial charge in [0.25, 0.3) is 0 Å². The first kappa shape index (κ1) is 22.9. The number of amides is 1. The lowest BCUT2D eigenvalue weighted by atomic mass is 9.95. The Morgan fingerprint density at radius 1 is 1.09 bits per heavy atom. The van der Waals surface area contributed by atoms with Gasteiger partial charge in [-0.15, -0.1) is 0 Å². The molecule has 0 unspecified atom stereocenters. The van der Waals surface area contributed by atoms with Crippen LogP contribution >= 0.6 is 0 Å². The predicted octanol–water partition coefficient (Wildman–Crippen LogP) is 3.99. The van der Waals surface area contributed by atoms with Crippen molar-refractivity contribution in [1.82, 2.24) is 20.1 Å². The van der Waals surface area contributed by atoms with E-state index in [-0.39, 0.29) is 17.6 Å². The van der Waals surface area contributed by atoms with Crippen LogP contribution in [0.1, 0.15) is 50.0 Å². The number of rotatable bonds is 8. The summed E-state index contributed by atoms with van der Waals surface area (Å²) in [6.07, 6.45) is 6.77. The summed E-state index contributed by atoms with van der Waals surface area (Å²) in [5.41, 5.74) is 1.68. The zero-order chi connectivity index (χ0) is 22.3. The van der Waals surface area contributed by atoms with E-state index in [0.717, 1.165) is 62.5 Å². The van der Waals surface area contributed by atoms with Crippen LogP contribution in [-0.2, 0) is 11.3 Å². The average molecular weight is 443 g/mol. The van der Waals surface area contributed by atoms with E-state index in [1.807, 2.05) is 6.92 Å². The highest BCUT2D eigenvalue weighted by Crippen LogP contribution is 2.25. The molecule has 0 saturated carbocycles. The summed E-state index contributed by atoms with van der Waals surface area (Å²) in [7, 11) is 0. The fourth-order valence-corrected chi connectivity index (χ4v) is 4.70. The number of halogens is 1. The Balaban J connectivity index is 1.18. The second-order valence-corrected chi connectivity index (χ2v) is 9.13. The first-order valence-corrected chi connectivity index (χ1v) is 12.0. The summed E-state index contributed by atoms with van der Waals surface area (Å²) in [4.78, 5) is 22.0. The Labute approximate surface area is 190 Å². The number of likely N-dealkylation sites (tertiary alicyclic amines) is 2. The highest BCUT2D eigenvalue weighted by atomic mass is 19.1. The van der Waals surface area contributed by atoms with Gasteiger partial charge in [-0.25, -0.2) is 9.37 Å². The van der Waals surface area contributed by atoms with E-state index in [9.17, 15) is 9.18 Å². The summed E-state index contributed by atoms with van der Waals surface area (Å²) in [6, 6.07) is 6.19. The van der Waals surface area contributed by atoms with Gasteiger partial charge in [-0.05, 0) is 96.0 Å². The largest absolute Gasteiger partial charge is 0.441 e. The van der Waals surface area contributed by atoms with Gasteiger partial charge in [-0.2, -0.15) is 0 Å². The third-order valence-corrected chi connectivity index (χ3v) is 6.71. The summed E-state index contributed by atoms with van der Waals surface area (Å²) >= 11 is 0. The van der Waals surface area contributed by atoms with Crippen LogP contribution in [0.3, 0.4) is 0 Å². The van der Waals surface area contributed by atoms with Crippen molar-refractivity contribution in [3.63, 3.8) is 0 Å². The summed E-state index contributed by atoms with van der Waals surface area (Å²) in [5, 5.41) is 3.15. The number of carbonyl (C=O) groups is 1. The SMILES string of the molecule is Cc1oc(-c2ccc(F)cc2)nc1CN1CCC(C(=O)NCCCN2CCCCC2)CC1. The number of aryl methyl sites for hydroxylation is 1. The maximum atomic E-state index is 13.2. The number of nitrogens with one attached hydrogen (secondary N) is 1. The van der Waals surface area contributed by atoms with Crippen LogP contribution < -0.4 is 5.32 Å². The van der Waals surface area contributed by atoms with Gasteiger partial charge in [-0.1, -0.05) is 6.42 Å². The van der Waals surface area contributed by atoms with Crippen molar-refractivity contribution in [3.05, 3.63) is 41.5 Å². The molecule has 1 aromatic heterocycles. The molecule has 2 saturated heterocycles. The van der Waals surface area contributed by atoms with Crippen LogP contribution in [0.5, 0.6) is 0 Å². The Bertz CT molecular complexity index is 869. The standard InChI is InChI=1S/C25H35FN4O2/c1-19-23(28-25(32-19)21-6-8-22(26)9-7-21)18-30-16-10-20(11-17-30)24(31)27-12-5-15-29-13-3-2-4-14-29/h6-9,20H,2-5,10-18H2,1H3,(H,27,31). The number of aromatic nitrogens is 1. The monoisotopic (exact) mass is 442 g/mol. The van der Waals surface area contributed by atoms with Crippen molar-refractivity contribution in [3.8, 4) is 11.5 Å². The topological polar surface area (TPSA) is 61.6 Å². The molecule has 1 aromatic carbocycles. The third kappa shape index (κ3) is 6.17. The number of hydrogen-bond donors (Lipinski definition) is 1. The van der Waals surface area contributed by atoms with Crippen LogP contribution in [0.4, 0.5) is 4.39 Å². The molecular formula is C25H35FN4O2. The molecule has 0 radical (unpaired) electrons. The molecule has 2 aliphatic heterocycles. The third-order valence-electron chi connectivity index (χ3n) is 6.71. The van der Waals surface area contributed by atoms with E-state index >= 15 is 0 Å². The van der Waals surface area contributed by atoms with Crippen LogP contribution in [0, 0.1) is 18.7 Å². The number of benzene rings is 1. The molecule has 0 spiro atoms. The van der Waals surface area contributed by atoms with Gasteiger partial charge in [0.2, 0.25) is 11.8 Å². The molecule has 2 aliphatic rings. The lowest BCUT2D eigenvalue weighted by Gasteiger charge is -2.31. The lowest BCUT2D eigenvalue weighted by Crippen LogP contribution is -2.41. The smallest absolute Gasteiger partial charge is 0.226 e. The van der Waals surface area contributed by atoms with E-state index in [4.69, 9.17) is 4.42 Å². The van der Waals surface area contributed by atoms with Gasteiger partial charge in [0, 0.05) is 24.6 Å². The number of hydrogen-bond acceptors (Lipinski definition) is 5. The zero-order valence-corrected chi connectivity index (χ0v) is 19.1. The van der Waals surface area contributed by atoms with Crippen molar-refractivity contribution in [2.45, 2.75) is 52.0 Å². The second-order valence-electron chi connectivity index (χ2n) is 9.13. The van der Waals surface area contributed by atoms with E-state index in [0.29, 0.717) is 12.4 Å². The highest BCUT2D eigenvalue weighted by molar-refractivity contribution is 5.78. The molecule has 2 aromatic rings. The lowest BCUT2D eigenvalue weighted by molar-refractivity contribution is -0.126. The van der Waals surface area contributed by atoms with Crippen molar-refractivity contribution < 1.29 is 13.6 Å². The Morgan fingerprint density at radius 3 is 2.53 bits per heavy atom. The molecule has 32 heavy (non-hydrogen) atoms. The normalized spacial score (nSPS) is 18.7. The molecule has 1 amide bonds. The van der Waals surface area contributed by atoms with Crippen LogP contribution in [0.15, 0.2) is 28.7 Å². The van der Waals surface area contributed by atoms with Gasteiger partial charge in [0.05, 0.1) is 5.69 Å². The van der Waals surface area contributed by atoms with Crippen molar-refractivity contribution >= 4 is 5.91 Å². The molecule has 0 aliphatic carbocycles. The van der Waals surface area contributed by atoms with E-state index in [1.54, 1.807) is 12.1 Å². The maximum absolute atomic E-state index is 13.2. The predicted molar refractivity (Wildman–Crippen MR) is 123 cm³/mol. The number of nitrogens with zero attached hydrogens (tertiary/aromatic N) is 3. The molecule has 7 heteroatoms. The molecule has 0 atom stereocenters. The summed E-state index contributed by atoms with van der Waals surface area (Å²) in [6.45, 7) is 8.68. The zero-order valence-electron chi connectivity index (χ0n) is 19.1. The molecule has 2 fully saturated rings. The van der Waals surface area contributed by atoms with Gasteiger partial charge < -0.3 is 14.6 Å². The number of oxazole rings is 1. The molecule has 0 bridgehead atoms. The number of carbonyl (C=O) groups excluding carboxylic acids is 1. The minimum absolute atomic E-state index is 0.106. The minimum Gasteiger partial charge on any atom is -0.441 e. The fraction of sp³-hybridized carbons (Fsp3) is 0.600. The Morgan fingerprint density at radius 2 is 1.81 bits per heavy atom. The fourth-order valence-electron chi connectivity index (χ4n) is 4.70.